The molecule has 0 unspecified atom stereocenters. The van der Waals surface area contributed by atoms with E-state index >= 15 is 0 Å². The van der Waals surface area contributed by atoms with Gasteiger partial charge in [-0.2, -0.15) is 0 Å². The minimum Gasteiger partial charge on any atom is -0.462 e. The summed E-state index contributed by atoms with van der Waals surface area (Å²) in [4.78, 5) is 11.4. The smallest absolute Gasteiger partial charge is 0.341 e. The van der Waals surface area contributed by atoms with Gasteiger partial charge in [0.15, 0.2) is 0 Å². The number of esters is 1. The first kappa shape index (κ1) is 17.6. The summed E-state index contributed by atoms with van der Waals surface area (Å²) in [5.41, 5.74) is -0.421. The van der Waals surface area contributed by atoms with Crippen LogP contribution >= 0.6 is 0 Å². The minimum absolute atomic E-state index is 0.182. The molecular weight excluding hydrogens is 297 g/mol. The molecule has 0 aliphatic heterocycles. The zero-order chi connectivity index (χ0) is 15.9. The number of halogens is 1. The number of sulfonamides is 1. The van der Waals surface area contributed by atoms with Gasteiger partial charge in [0.25, 0.3) is 0 Å². The minimum atomic E-state index is -3.99. The molecule has 0 amide bonds. The average molecular weight is 317 g/mol. The standard InChI is InChI=1S/C14H20FNO4S/c1-2-3-4-5-6-9-20-14(17)12-10-11(21(16,18)19)7-8-13(12)15/h7-8,10H,2-6,9H2,1H3,(H2,16,18,19). The largest absolute Gasteiger partial charge is 0.462 e. The van der Waals surface area contributed by atoms with Crippen molar-refractivity contribution < 1.29 is 22.3 Å². The first-order valence-electron chi connectivity index (χ1n) is 6.85. The third kappa shape index (κ3) is 5.81. The van der Waals surface area contributed by atoms with Crippen LogP contribution in [0, 0.1) is 5.82 Å². The van der Waals surface area contributed by atoms with Gasteiger partial charge >= 0.3 is 5.97 Å². The van der Waals surface area contributed by atoms with Gasteiger partial charge in [-0.25, -0.2) is 22.7 Å². The zero-order valence-corrected chi connectivity index (χ0v) is 12.8. The van der Waals surface area contributed by atoms with Crippen molar-refractivity contribution in [3.05, 3.63) is 29.6 Å². The molecule has 2 N–H and O–H groups in total. The van der Waals surface area contributed by atoms with Crippen LogP contribution < -0.4 is 5.14 Å². The molecule has 21 heavy (non-hydrogen) atoms. The van der Waals surface area contributed by atoms with Gasteiger partial charge in [-0.15, -0.1) is 0 Å². The van der Waals surface area contributed by atoms with E-state index in [1.54, 1.807) is 0 Å². The van der Waals surface area contributed by atoms with Crippen LogP contribution in [0.4, 0.5) is 4.39 Å². The predicted octanol–water partition coefficient (Wildman–Crippen LogP) is 2.60. The van der Waals surface area contributed by atoms with Gasteiger partial charge in [0.05, 0.1) is 17.1 Å². The number of hydrogen-bond acceptors (Lipinski definition) is 4. The quantitative estimate of drug-likeness (QED) is 0.590. The molecule has 7 heteroatoms. The van der Waals surface area contributed by atoms with E-state index in [-0.39, 0.29) is 11.5 Å². The Morgan fingerprint density at radius 1 is 1.24 bits per heavy atom. The second kappa shape index (κ2) is 8.09. The Morgan fingerprint density at radius 3 is 2.52 bits per heavy atom. The van der Waals surface area contributed by atoms with Gasteiger partial charge in [-0.1, -0.05) is 32.6 Å². The summed E-state index contributed by atoms with van der Waals surface area (Å²) >= 11 is 0. The molecule has 1 rings (SSSR count). The molecule has 0 fully saturated rings. The van der Waals surface area contributed by atoms with Crippen molar-refractivity contribution >= 4 is 16.0 Å². The first-order valence-corrected chi connectivity index (χ1v) is 8.40. The van der Waals surface area contributed by atoms with Crippen molar-refractivity contribution in [3.8, 4) is 0 Å². The summed E-state index contributed by atoms with van der Waals surface area (Å²) in [6.07, 6.45) is 4.93. The van der Waals surface area contributed by atoms with E-state index in [2.05, 4.69) is 6.92 Å². The van der Waals surface area contributed by atoms with Crippen LogP contribution in [0.15, 0.2) is 23.1 Å². The number of unbranched alkanes of at least 4 members (excludes halogenated alkanes) is 4. The predicted molar refractivity (Wildman–Crippen MR) is 76.8 cm³/mol. The van der Waals surface area contributed by atoms with Crippen molar-refractivity contribution in [1.29, 1.82) is 0 Å². The fourth-order valence-corrected chi connectivity index (χ4v) is 2.33. The summed E-state index contributed by atoms with van der Waals surface area (Å²) in [7, 11) is -3.99. The molecule has 0 aromatic heterocycles. The second-order valence-corrected chi connectivity index (χ2v) is 6.30. The van der Waals surface area contributed by atoms with E-state index in [9.17, 15) is 17.6 Å². The highest BCUT2D eigenvalue weighted by atomic mass is 32.2. The van der Waals surface area contributed by atoms with E-state index in [4.69, 9.17) is 9.88 Å². The van der Waals surface area contributed by atoms with Crippen LogP contribution in [-0.4, -0.2) is 21.0 Å². The Bertz CT molecular complexity index is 587. The summed E-state index contributed by atoms with van der Waals surface area (Å²) in [6, 6.07) is 2.79. The number of ether oxygens (including phenoxy) is 1. The van der Waals surface area contributed by atoms with Crippen LogP contribution in [-0.2, 0) is 14.8 Å². The number of carbonyl (C=O) groups excluding carboxylic acids is 1. The Labute approximate surface area is 124 Å². The van der Waals surface area contributed by atoms with Gasteiger partial charge in [0.1, 0.15) is 5.82 Å². The highest BCUT2D eigenvalue weighted by Crippen LogP contribution is 2.15. The first-order chi connectivity index (χ1) is 9.86. The van der Waals surface area contributed by atoms with Crippen LogP contribution in [0.2, 0.25) is 0 Å². The molecule has 0 bridgehead atoms. The number of carbonyl (C=O) groups is 1. The Kier molecular flexibility index (Phi) is 6.77. The van der Waals surface area contributed by atoms with E-state index in [1.165, 1.54) is 0 Å². The SMILES string of the molecule is CCCCCCCOC(=O)c1cc(S(N)(=O)=O)ccc1F. The number of primary sulfonamides is 1. The monoisotopic (exact) mass is 317 g/mol. The molecule has 0 heterocycles. The maximum atomic E-state index is 13.5. The molecule has 0 spiro atoms. The number of benzene rings is 1. The summed E-state index contributed by atoms with van der Waals surface area (Å²) in [5.74, 6) is -1.72. The second-order valence-electron chi connectivity index (χ2n) is 4.74. The number of nitrogens with two attached hydrogens (primary N) is 1. The molecule has 0 saturated carbocycles. The van der Waals surface area contributed by atoms with Gasteiger partial charge in [-0.05, 0) is 24.6 Å². The van der Waals surface area contributed by atoms with Crippen molar-refractivity contribution in [3.63, 3.8) is 0 Å². The Balaban J connectivity index is 2.62. The number of rotatable bonds is 8. The molecule has 0 aliphatic rings. The Morgan fingerprint density at radius 2 is 1.90 bits per heavy atom. The molecule has 0 aliphatic carbocycles. The molecular formula is C14H20FNO4S. The molecule has 1 aromatic rings. The average Bonchev–Trinajstić information content (AvgIpc) is 2.41. The number of hydrogen-bond donors (Lipinski definition) is 1. The maximum Gasteiger partial charge on any atom is 0.341 e. The van der Waals surface area contributed by atoms with E-state index in [0.29, 0.717) is 6.42 Å². The normalized spacial score (nSPS) is 11.4. The zero-order valence-electron chi connectivity index (χ0n) is 12.0. The lowest BCUT2D eigenvalue weighted by atomic mass is 10.2. The molecule has 0 radical (unpaired) electrons. The van der Waals surface area contributed by atoms with Crippen LogP contribution in [0.25, 0.3) is 0 Å². The van der Waals surface area contributed by atoms with Crippen molar-refractivity contribution in [2.75, 3.05) is 6.61 Å². The van der Waals surface area contributed by atoms with Crippen LogP contribution in [0.3, 0.4) is 0 Å². The highest BCUT2D eigenvalue weighted by Gasteiger charge is 2.17. The highest BCUT2D eigenvalue weighted by molar-refractivity contribution is 7.89. The topological polar surface area (TPSA) is 86.5 Å². The van der Waals surface area contributed by atoms with Gasteiger partial charge < -0.3 is 4.74 Å². The maximum absolute atomic E-state index is 13.5. The molecule has 5 nitrogen and oxygen atoms in total. The molecule has 0 atom stereocenters. The van der Waals surface area contributed by atoms with Crippen LogP contribution in [0.5, 0.6) is 0 Å². The third-order valence-corrected chi connectivity index (χ3v) is 3.88. The lowest BCUT2D eigenvalue weighted by Gasteiger charge is -2.07. The van der Waals surface area contributed by atoms with Crippen molar-refractivity contribution in [2.45, 2.75) is 43.9 Å². The lowest BCUT2D eigenvalue weighted by molar-refractivity contribution is 0.0492. The molecule has 118 valence electrons. The van der Waals surface area contributed by atoms with Crippen molar-refractivity contribution in [1.82, 2.24) is 0 Å². The Hall–Kier alpha value is -1.47. The summed E-state index contributed by atoms with van der Waals surface area (Å²) in [6.45, 7) is 2.28. The summed E-state index contributed by atoms with van der Waals surface area (Å²) < 4.78 is 40.9. The molecule has 0 saturated heterocycles. The van der Waals surface area contributed by atoms with E-state index < -0.39 is 27.4 Å². The van der Waals surface area contributed by atoms with Gasteiger partial charge in [-0.3, -0.25) is 0 Å². The molecule has 1 aromatic carbocycles. The van der Waals surface area contributed by atoms with Crippen molar-refractivity contribution in [2.24, 2.45) is 5.14 Å². The lowest BCUT2D eigenvalue weighted by Crippen LogP contribution is -2.15. The fourth-order valence-electron chi connectivity index (χ4n) is 1.79. The third-order valence-electron chi connectivity index (χ3n) is 2.97. The van der Waals surface area contributed by atoms with E-state index in [1.807, 2.05) is 0 Å². The fraction of sp³-hybridized carbons (Fsp3) is 0.500. The van der Waals surface area contributed by atoms with Gasteiger partial charge in [0.2, 0.25) is 10.0 Å². The summed E-state index contributed by atoms with van der Waals surface area (Å²) in [5, 5.41) is 4.94. The van der Waals surface area contributed by atoms with Gasteiger partial charge in [0, 0.05) is 0 Å². The van der Waals surface area contributed by atoms with E-state index in [0.717, 1.165) is 43.9 Å². The van der Waals surface area contributed by atoms with Crippen LogP contribution in [0.1, 0.15) is 49.4 Å².